The number of amides is 1. The van der Waals surface area contributed by atoms with Gasteiger partial charge < -0.3 is 10.2 Å². The third-order valence-corrected chi connectivity index (χ3v) is 7.35. The molecule has 0 bridgehead atoms. The standard InChI is InChI=1S/C26H26N4OS/c1-17-18(2)32-26-24(17)25(28-16-29-26)27-14-21-6-3-4-7-22(21)20-11-9-19(10-12-20)15-30-13-5-8-23(30)31/h3-4,6-7,9-12,16H,5,8,13-15H2,1-2H3,(H,27,28,29). The molecule has 0 aliphatic carbocycles. The summed E-state index contributed by atoms with van der Waals surface area (Å²) in [5.74, 6) is 1.15. The Morgan fingerprint density at radius 1 is 1.06 bits per heavy atom. The highest BCUT2D eigenvalue weighted by Gasteiger charge is 2.20. The van der Waals surface area contributed by atoms with Gasteiger partial charge in [0.15, 0.2) is 0 Å². The molecule has 3 heterocycles. The fourth-order valence-corrected chi connectivity index (χ4v) is 5.33. The molecule has 1 N–H and O–H groups in total. The summed E-state index contributed by atoms with van der Waals surface area (Å²) >= 11 is 1.71. The van der Waals surface area contributed by atoms with Gasteiger partial charge in [-0.25, -0.2) is 9.97 Å². The molecule has 32 heavy (non-hydrogen) atoms. The van der Waals surface area contributed by atoms with Crippen molar-refractivity contribution in [2.75, 3.05) is 11.9 Å². The van der Waals surface area contributed by atoms with E-state index in [2.05, 4.69) is 77.7 Å². The topological polar surface area (TPSA) is 58.1 Å². The number of carbonyl (C=O) groups is 1. The Morgan fingerprint density at radius 2 is 1.88 bits per heavy atom. The third-order valence-electron chi connectivity index (χ3n) is 6.24. The lowest BCUT2D eigenvalue weighted by Crippen LogP contribution is -2.23. The lowest BCUT2D eigenvalue weighted by Gasteiger charge is -2.16. The van der Waals surface area contributed by atoms with Gasteiger partial charge in [-0.2, -0.15) is 0 Å². The van der Waals surface area contributed by atoms with E-state index in [1.54, 1.807) is 17.7 Å². The van der Waals surface area contributed by atoms with E-state index in [0.29, 0.717) is 19.5 Å². The molecule has 2 aromatic heterocycles. The molecule has 0 atom stereocenters. The molecule has 1 aliphatic heterocycles. The van der Waals surface area contributed by atoms with E-state index in [9.17, 15) is 4.79 Å². The van der Waals surface area contributed by atoms with Crippen LogP contribution in [0.1, 0.15) is 34.4 Å². The molecule has 1 aliphatic rings. The fourth-order valence-electron chi connectivity index (χ4n) is 4.33. The van der Waals surface area contributed by atoms with Crippen molar-refractivity contribution in [2.24, 2.45) is 0 Å². The molecular weight excluding hydrogens is 416 g/mol. The number of rotatable bonds is 6. The number of hydrogen-bond acceptors (Lipinski definition) is 5. The lowest BCUT2D eigenvalue weighted by atomic mass is 9.98. The van der Waals surface area contributed by atoms with Crippen LogP contribution >= 0.6 is 11.3 Å². The second kappa shape index (κ2) is 8.71. The number of anilines is 1. The quantitative estimate of drug-likeness (QED) is 0.416. The van der Waals surface area contributed by atoms with E-state index < -0.39 is 0 Å². The van der Waals surface area contributed by atoms with E-state index in [1.165, 1.54) is 32.7 Å². The fraction of sp³-hybridized carbons (Fsp3) is 0.269. The average molecular weight is 443 g/mol. The van der Waals surface area contributed by atoms with E-state index in [1.807, 2.05) is 4.90 Å². The van der Waals surface area contributed by atoms with Gasteiger partial charge in [0.2, 0.25) is 5.91 Å². The van der Waals surface area contributed by atoms with Crippen LogP contribution in [-0.4, -0.2) is 27.3 Å². The van der Waals surface area contributed by atoms with Gasteiger partial charge in [0.1, 0.15) is 17.0 Å². The van der Waals surface area contributed by atoms with E-state index in [4.69, 9.17) is 0 Å². The molecule has 0 unspecified atom stereocenters. The Kier molecular flexibility index (Phi) is 5.62. The van der Waals surface area contributed by atoms with Crippen molar-refractivity contribution < 1.29 is 4.79 Å². The van der Waals surface area contributed by atoms with Gasteiger partial charge in [-0.3, -0.25) is 4.79 Å². The minimum absolute atomic E-state index is 0.264. The SMILES string of the molecule is Cc1sc2ncnc(NCc3ccccc3-c3ccc(CN4CCCC4=O)cc3)c2c1C. The van der Waals surface area contributed by atoms with Crippen LogP contribution in [0.2, 0.25) is 0 Å². The summed E-state index contributed by atoms with van der Waals surface area (Å²) < 4.78 is 0. The largest absolute Gasteiger partial charge is 0.365 e. The molecule has 1 saturated heterocycles. The first-order valence-corrected chi connectivity index (χ1v) is 11.8. The Labute approximate surface area is 192 Å². The minimum atomic E-state index is 0.264. The Bertz CT molecular complexity index is 1280. The van der Waals surface area contributed by atoms with Crippen LogP contribution in [0.5, 0.6) is 0 Å². The summed E-state index contributed by atoms with van der Waals surface area (Å²) in [5.41, 5.74) is 6.01. The van der Waals surface area contributed by atoms with Gasteiger partial charge in [0.25, 0.3) is 0 Å². The van der Waals surface area contributed by atoms with E-state index >= 15 is 0 Å². The van der Waals surface area contributed by atoms with Crippen LogP contribution in [0, 0.1) is 13.8 Å². The summed E-state index contributed by atoms with van der Waals surface area (Å²) in [6.07, 6.45) is 3.29. The van der Waals surface area contributed by atoms with Crippen molar-refractivity contribution in [3.05, 3.63) is 76.4 Å². The molecule has 1 amide bonds. The Morgan fingerprint density at radius 3 is 2.66 bits per heavy atom. The minimum Gasteiger partial charge on any atom is -0.365 e. The van der Waals surface area contributed by atoms with Crippen molar-refractivity contribution in [3.63, 3.8) is 0 Å². The lowest BCUT2D eigenvalue weighted by molar-refractivity contribution is -0.128. The van der Waals surface area contributed by atoms with Crippen molar-refractivity contribution in [1.29, 1.82) is 0 Å². The van der Waals surface area contributed by atoms with Gasteiger partial charge in [-0.1, -0.05) is 48.5 Å². The van der Waals surface area contributed by atoms with Gasteiger partial charge >= 0.3 is 0 Å². The number of thiophene rings is 1. The van der Waals surface area contributed by atoms with Gasteiger partial charge in [-0.05, 0) is 48.1 Å². The number of hydrogen-bond donors (Lipinski definition) is 1. The molecule has 2 aromatic carbocycles. The van der Waals surface area contributed by atoms with Crippen LogP contribution in [-0.2, 0) is 17.9 Å². The number of carbonyl (C=O) groups excluding carboxylic acids is 1. The molecule has 0 saturated carbocycles. The summed E-state index contributed by atoms with van der Waals surface area (Å²) in [4.78, 5) is 25.1. The van der Waals surface area contributed by atoms with Gasteiger partial charge in [0, 0.05) is 30.9 Å². The molecule has 0 spiro atoms. The summed E-state index contributed by atoms with van der Waals surface area (Å²) in [7, 11) is 0. The third kappa shape index (κ3) is 3.98. The van der Waals surface area contributed by atoms with Crippen LogP contribution in [0.25, 0.3) is 21.3 Å². The number of aryl methyl sites for hydroxylation is 2. The molecule has 1 fully saturated rings. The highest BCUT2D eigenvalue weighted by atomic mass is 32.1. The molecule has 4 aromatic rings. The maximum atomic E-state index is 11.9. The van der Waals surface area contributed by atoms with Crippen LogP contribution in [0.15, 0.2) is 54.9 Å². The number of nitrogens with one attached hydrogen (secondary N) is 1. The molecule has 6 heteroatoms. The summed E-state index contributed by atoms with van der Waals surface area (Å²) in [5, 5.41) is 4.66. The molecule has 0 radical (unpaired) electrons. The van der Waals surface area contributed by atoms with Gasteiger partial charge in [0.05, 0.1) is 5.39 Å². The predicted octanol–water partition coefficient (Wildman–Crippen LogP) is 5.71. The van der Waals surface area contributed by atoms with Crippen LogP contribution in [0.4, 0.5) is 5.82 Å². The molecule has 5 rings (SSSR count). The normalized spacial score (nSPS) is 13.8. The van der Waals surface area contributed by atoms with Crippen molar-refractivity contribution in [1.82, 2.24) is 14.9 Å². The predicted molar refractivity (Wildman–Crippen MR) is 131 cm³/mol. The highest BCUT2D eigenvalue weighted by Crippen LogP contribution is 2.33. The average Bonchev–Trinajstić information content (AvgIpc) is 3.35. The first-order valence-electron chi connectivity index (χ1n) is 11.0. The van der Waals surface area contributed by atoms with E-state index in [0.717, 1.165) is 29.0 Å². The van der Waals surface area contributed by atoms with Crippen molar-refractivity contribution in [3.8, 4) is 11.1 Å². The highest BCUT2D eigenvalue weighted by molar-refractivity contribution is 7.18. The molecule has 162 valence electrons. The summed E-state index contributed by atoms with van der Waals surface area (Å²) in [6.45, 7) is 6.51. The Hall–Kier alpha value is -3.25. The number of fused-ring (bicyclic) bond motifs is 1. The number of nitrogens with zero attached hydrogens (tertiary/aromatic N) is 3. The van der Waals surface area contributed by atoms with Crippen LogP contribution in [0.3, 0.4) is 0 Å². The van der Waals surface area contributed by atoms with Crippen molar-refractivity contribution in [2.45, 2.75) is 39.8 Å². The monoisotopic (exact) mass is 442 g/mol. The zero-order valence-corrected chi connectivity index (χ0v) is 19.2. The first-order chi connectivity index (χ1) is 15.6. The number of aromatic nitrogens is 2. The van der Waals surface area contributed by atoms with E-state index in [-0.39, 0.29) is 5.91 Å². The van der Waals surface area contributed by atoms with Crippen molar-refractivity contribution >= 4 is 33.3 Å². The number of benzene rings is 2. The van der Waals surface area contributed by atoms with Crippen LogP contribution < -0.4 is 5.32 Å². The molecular formula is C26H26N4OS. The number of likely N-dealkylation sites (tertiary alicyclic amines) is 1. The van der Waals surface area contributed by atoms with Gasteiger partial charge in [-0.15, -0.1) is 11.3 Å². The first kappa shape index (κ1) is 20.6. The smallest absolute Gasteiger partial charge is 0.222 e. The summed E-state index contributed by atoms with van der Waals surface area (Å²) in [6, 6.07) is 17.0. The Balaban J connectivity index is 1.36. The zero-order chi connectivity index (χ0) is 22.1. The zero-order valence-electron chi connectivity index (χ0n) is 18.4. The molecule has 5 nitrogen and oxygen atoms in total. The maximum absolute atomic E-state index is 11.9. The maximum Gasteiger partial charge on any atom is 0.222 e. The second-order valence-electron chi connectivity index (χ2n) is 8.31. The second-order valence-corrected chi connectivity index (χ2v) is 9.52.